The summed E-state index contributed by atoms with van der Waals surface area (Å²) in [6.07, 6.45) is 5.29. The van der Waals surface area contributed by atoms with Crippen LogP contribution in [-0.4, -0.2) is 39.6 Å². The van der Waals surface area contributed by atoms with Gasteiger partial charge in [0.1, 0.15) is 0 Å². The van der Waals surface area contributed by atoms with Crippen LogP contribution in [0.4, 0.5) is 13.2 Å². The largest absolute Gasteiger partial charge is 0.416 e. The highest BCUT2D eigenvalue weighted by molar-refractivity contribution is 6.43. The number of carbonyl (C=O) groups excluding carboxylic acids is 1. The lowest BCUT2D eigenvalue weighted by Crippen LogP contribution is -2.36. The zero-order chi connectivity index (χ0) is 25.0. The van der Waals surface area contributed by atoms with Crippen molar-refractivity contribution in [3.8, 4) is 5.69 Å². The van der Waals surface area contributed by atoms with Crippen molar-refractivity contribution in [2.75, 3.05) is 13.1 Å². The number of carbonyl (C=O) groups is 1. The van der Waals surface area contributed by atoms with Gasteiger partial charge in [0.05, 0.1) is 29.4 Å². The van der Waals surface area contributed by atoms with E-state index in [1.807, 2.05) is 0 Å². The standard InChI is InChI=1S/C24H25ClF3N5O2/c25-20-15-29-12-4-7-19(20)21-31-32(14-13-30-22(34)16-5-2-1-3-6-16)23(35)33(21)18-10-8-17(9-11-18)24(26,27)28/h4,7-11,15-16H,1-3,5-6,12-14H2,(H,30,34). The minimum Gasteiger partial charge on any atom is -0.354 e. The van der Waals surface area contributed by atoms with Gasteiger partial charge in [0, 0.05) is 24.3 Å². The summed E-state index contributed by atoms with van der Waals surface area (Å²) in [5, 5.41) is 7.54. The Morgan fingerprint density at radius 3 is 2.54 bits per heavy atom. The number of halogens is 4. The Hall–Kier alpha value is -3.14. The maximum atomic E-state index is 13.3. The molecule has 1 N–H and O–H groups in total. The van der Waals surface area contributed by atoms with Gasteiger partial charge in [-0.25, -0.2) is 14.0 Å². The SMILES string of the molecule is O=C(NCCn1nc(C2=C(Cl)C=NCC=C2)n(-c2ccc(C(F)(F)F)cc2)c1=O)C1CCCCC1. The van der Waals surface area contributed by atoms with E-state index in [0.717, 1.165) is 44.2 Å². The summed E-state index contributed by atoms with van der Waals surface area (Å²) in [5.41, 5.74) is -0.761. The Balaban J connectivity index is 1.65. The molecule has 1 aromatic heterocycles. The fourth-order valence-corrected chi connectivity index (χ4v) is 4.47. The van der Waals surface area contributed by atoms with E-state index in [9.17, 15) is 22.8 Å². The number of hydrogen-bond donors (Lipinski definition) is 1. The maximum Gasteiger partial charge on any atom is 0.416 e. The summed E-state index contributed by atoms with van der Waals surface area (Å²) in [6.45, 7) is 0.682. The van der Waals surface area contributed by atoms with Crippen molar-refractivity contribution < 1.29 is 18.0 Å². The van der Waals surface area contributed by atoms with E-state index >= 15 is 0 Å². The average Bonchev–Trinajstić information content (AvgIpc) is 3.00. The number of nitrogens with one attached hydrogen (secondary N) is 1. The van der Waals surface area contributed by atoms with Crippen molar-refractivity contribution in [2.24, 2.45) is 10.9 Å². The van der Waals surface area contributed by atoms with Gasteiger partial charge in [-0.05, 0) is 37.1 Å². The normalized spacial score (nSPS) is 17.0. The Morgan fingerprint density at radius 1 is 1.14 bits per heavy atom. The van der Waals surface area contributed by atoms with Gasteiger partial charge in [-0.3, -0.25) is 9.79 Å². The molecule has 0 atom stereocenters. The third kappa shape index (κ3) is 5.75. The molecule has 4 rings (SSSR count). The first-order chi connectivity index (χ1) is 16.8. The summed E-state index contributed by atoms with van der Waals surface area (Å²) >= 11 is 6.37. The van der Waals surface area contributed by atoms with Crippen LogP contribution in [0.2, 0.25) is 0 Å². The highest BCUT2D eigenvalue weighted by Crippen LogP contribution is 2.30. The maximum absolute atomic E-state index is 13.3. The number of hydrogen-bond acceptors (Lipinski definition) is 4. The molecule has 1 aliphatic heterocycles. The molecule has 2 heterocycles. The molecule has 0 saturated heterocycles. The molecular formula is C24H25ClF3N5O2. The monoisotopic (exact) mass is 507 g/mol. The Morgan fingerprint density at radius 2 is 1.86 bits per heavy atom. The fourth-order valence-electron chi connectivity index (χ4n) is 4.25. The van der Waals surface area contributed by atoms with Gasteiger partial charge in [0.25, 0.3) is 0 Å². The number of aromatic nitrogens is 3. The van der Waals surface area contributed by atoms with Crippen molar-refractivity contribution >= 4 is 29.3 Å². The van der Waals surface area contributed by atoms with Crippen molar-refractivity contribution in [3.63, 3.8) is 0 Å². The van der Waals surface area contributed by atoms with Gasteiger partial charge in [-0.2, -0.15) is 13.2 Å². The molecule has 186 valence electrons. The van der Waals surface area contributed by atoms with E-state index in [1.165, 1.54) is 27.6 Å². The summed E-state index contributed by atoms with van der Waals surface area (Å²) in [6, 6.07) is 4.25. The van der Waals surface area contributed by atoms with Crippen LogP contribution in [0.3, 0.4) is 0 Å². The molecule has 11 heteroatoms. The molecule has 7 nitrogen and oxygen atoms in total. The van der Waals surface area contributed by atoms with Crippen LogP contribution < -0.4 is 11.0 Å². The van der Waals surface area contributed by atoms with Crippen LogP contribution in [-0.2, 0) is 17.5 Å². The van der Waals surface area contributed by atoms with Gasteiger partial charge in [-0.15, -0.1) is 5.10 Å². The molecule has 2 aliphatic rings. The molecular weight excluding hydrogens is 483 g/mol. The third-order valence-electron chi connectivity index (χ3n) is 6.09. The van der Waals surface area contributed by atoms with E-state index in [4.69, 9.17) is 11.6 Å². The van der Waals surface area contributed by atoms with Crippen molar-refractivity contribution in [1.82, 2.24) is 19.7 Å². The zero-order valence-electron chi connectivity index (χ0n) is 18.9. The summed E-state index contributed by atoms with van der Waals surface area (Å²) in [4.78, 5) is 29.8. The summed E-state index contributed by atoms with van der Waals surface area (Å²) in [7, 11) is 0. The van der Waals surface area contributed by atoms with E-state index in [1.54, 1.807) is 12.2 Å². The predicted octanol–water partition coefficient (Wildman–Crippen LogP) is 4.34. The summed E-state index contributed by atoms with van der Waals surface area (Å²) < 4.78 is 41.5. The van der Waals surface area contributed by atoms with Crippen LogP contribution in [0.1, 0.15) is 43.5 Å². The average molecular weight is 508 g/mol. The van der Waals surface area contributed by atoms with Gasteiger partial charge in [0.2, 0.25) is 5.91 Å². The number of benzene rings is 1. The van der Waals surface area contributed by atoms with Crippen molar-refractivity contribution in [1.29, 1.82) is 0 Å². The van der Waals surface area contributed by atoms with E-state index < -0.39 is 17.4 Å². The number of nitrogens with zero attached hydrogens (tertiary/aromatic N) is 4. The number of allylic oxidation sites excluding steroid dienone is 3. The van der Waals surface area contributed by atoms with E-state index in [2.05, 4.69) is 15.4 Å². The lowest BCUT2D eigenvalue weighted by atomic mass is 9.89. The smallest absolute Gasteiger partial charge is 0.354 e. The van der Waals surface area contributed by atoms with Gasteiger partial charge < -0.3 is 5.32 Å². The highest BCUT2D eigenvalue weighted by Gasteiger charge is 2.30. The number of aliphatic imine (C=N–C) groups is 1. The first-order valence-corrected chi connectivity index (χ1v) is 11.8. The number of amides is 1. The zero-order valence-corrected chi connectivity index (χ0v) is 19.6. The third-order valence-corrected chi connectivity index (χ3v) is 6.39. The lowest BCUT2D eigenvalue weighted by molar-refractivity contribution is -0.137. The first kappa shape index (κ1) is 25.0. The van der Waals surface area contributed by atoms with Crippen molar-refractivity contribution in [2.45, 2.75) is 44.8 Å². The summed E-state index contributed by atoms with van der Waals surface area (Å²) in [5.74, 6) is 0.122. The van der Waals surface area contributed by atoms with Crippen LogP contribution in [0.25, 0.3) is 11.3 Å². The van der Waals surface area contributed by atoms with Crippen LogP contribution in [0.15, 0.2) is 51.2 Å². The number of rotatable bonds is 6. The minimum absolute atomic E-state index is 0.0138. The molecule has 35 heavy (non-hydrogen) atoms. The fraction of sp³-hybridized carbons (Fsp3) is 0.417. The van der Waals surface area contributed by atoms with Gasteiger partial charge in [0.15, 0.2) is 5.82 Å². The topological polar surface area (TPSA) is 81.3 Å². The molecule has 1 saturated carbocycles. The molecule has 1 amide bonds. The molecule has 0 bridgehead atoms. The number of alkyl halides is 3. The van der Waals surface area contributed by atoms with E-state index in [-0.39, 0.29) is 41.5 Å². The molecule has 1 aromatic carbocycles. The molecule has 1 fully saturated rings. The molecule has 2 aromatic rings. The predicted molar refractivity (Wildman–Crippen MR) is 128 cm³/mol. The lowest BCUT2D eigenvalue weighted by Gasteiger charge is -2.20. The second-order valence-corrected chi connectivity index (χ2v) is 8.90. The Bertz CT molecular complexity index is 1220. The molecule has 0 unspecified atom stereocenters. The quantitative estimate of drug-likeness (QED) is 0.631. The second-order valence-electron chi connectivity index (χ2n) is 8.49. The minimum atomic E-state index is -4.50. The second kappa shape index (κ2) is 10.6. The van der Waals surface area contributed by atoms with Gasteiger partial charge in [-0.1, -0.05) is 43.0 Å². The van der Waals surface area contributed by atoms with Crippen LogP contribution in [0.5, 0.6) is 0 Å². The molecule has 1 aliphatic carbocycles. The Labute approximate surface area is 205 Å². The van der Waals surface area contributed by atoms with Crippen LogP contribution >= 0.6 is 11.6 Å². The Kier molecular flexibility index (Phi) is 7.59. The highest BCUT2D eigenvalue weighted by atomic mass is 35.5. The molecule has 0 radical (unpaired) electrons. The molecule has 0 spiro atoms. The van der Waals surface area contributed by atoms with Crippen LogP contribution in [0, 0.1) is 5.92 Å². The van der Waals surface area contributed by atoms with Gasteiger partial charge >= 0.3 is 11.9 Å². The van der Waals surface area contributed by atoms with Crippen molar-refractivity contribution in [3.05, 3.63) is 63.3 Å². The van der Waals surface area contributed by atoms with E-state index in [0.29, 0.717) is 12.1 Å². The first-order valence-electron chi connectivity index (χ1n) is 11.5.